The predicted molar refractivity (Wildman–Crippen MR) is 247 cm³/mol. The van der Waals surface area contributed by atoms with Crippen LogP contribution in [0.25, 0.3) is 57.5 Å². The molecule has 0 radical (unpaired) electrons. The number of aromatic nitrogens is 4. The minimum absolute atomic E-state index is 1.18. The van der Waals surface area contributed by atoms with E-state index in [9.17, 15) is 0 Å². The Balaban J connectivity index is 0.000000177. The van der Waals surface area contributed by atoms with E-state index in [-0.39, 0.29) is 0 Å². The molecule has 58 heavy (non-hydrogen) atoms. The number of hydrogen-bond donors (Lipinski definition) is 0. The first kappa shape index (κ1) is 39.6. The second-order valence-electron chi connectivity index (χ2n) is 15.6. The molecule has 4 aromatic heterocycles. The summed E-state index contributed by atoms with van der Waals surface area (Å²) in [6, 6.07) is 47.5. The van der Waals surface area contributed by atoms with Gasteiger partial charge >= 0.3 is 0 Å². The second-order valence-corrected chi connectivity index (χ2v) is 15.6. The zero-order valence-corrected chi connectivity index (χ0v) is 35.7. The zero-order chi connectivity index (χ0) is 41.1. The molecule has 0 saturated carbocycles. The lowest BCUT2D eigenvalue weighted by molar-refractivity contribution is -0.646. The Bertz CT molecular complexity index is 2590. The van der Waals surface area contributed by atoms with Gasteiger partial charge in [0.25, 0.3) is 0 Å². The summed E-state index contributed by atoms with van der Waals surface area (Å²) in [5.41, 5.74) is 17.1. The van der Waals surface area contributed by atoms with E-state index in [1.807, 2.05) is 0 Å². The number of rotatable bonds is 8. The Morgan fingerprint density at radius 2 is 0.810 bits per heavy atom. The van der Waals surface area contributed by atoms with Gasteiger partial charge in [-0.15, -0.1) is 0 Å². The first-order chi connectivity index (χ1) is 27.9. The van der Waals surface area contributed by atoms with Crippen molar-refractivity contribution in [3.63, 3.8) is 0 Å². The summed E-state index contributed by atoms with van der Waals surface area (Å²) in [6.07, 6.45) is 8.85. The maximum Gasteiger partial charge on any atom is 0.212 e. The van der Waals surface area contributed by atoms with Crippen LogP contribution in [-0.4, -0.2) is 37.3 Å². The van der Waals surface area contributed by atoms with Crippen LogP contribution in [0.4, 0.5) is 11.4 Å². The molecule has 292 valence electrons. The van der Waals surface area contributed by atoms with Crippen molar-refractivity contribution in [2.24, 2.45) is 14.1 Å². The quantitative estimate of drug-likeness (QED) is 0.144. The molecule has 6 heteroatoms. The van der Waals surface area contributed by atoms with E-state index in [1.54, 1.807) is 0 Å². The molecule has 0 aliphatic rings. The highest BCUT2D eigenvalue weighted by molar-refractivity contribution is 5.82. The van der Waals surface area contributed by atoms with Crippen molar-refractivity contribution in [3.05, 3.63) is 179 Å². The first-order valence-corrected chi connectivity index (χ1v) is 20.0. The molecule has 8 rings (SSSR count). The Morgan fingerprint density at radius 1 is 0.431 bits per heavy atom. The van der Waals surface area contributed by atoms with Crippen LogP contribution in [0, 0.1) is 27.7 Å². The van der Waals surface area contributed by atoms with Gasteiger partial charge in [0.1, 0.15) is 14.1 Å². The summed E-state index contributed by atoms with van der Waals surface area (Å²) in [7, 11) is 12.6. The number of aryl methyl sites for hydroxylation is 4. The lowest BCUT2D eigenvalue weighted by atomic mass is 10.1. The van der Waals surface area contributed by atoms with Crippen LogP contribution in [0.15, 0.2) is 133 Å². The van der Waals surface area contributed by atoms with E-state index in [4.69, 9.17) is 0 Å². The Hall–Kier alpha value is -6.66. The largest absolute Gasteiger partial charge is 0.378 e. The third kappa shape index (κ3) is 8.10. The highest BCUT2D eigenvalue weighted by Gasteiger charge is 2.14. The number of anilines is 2. The van der Waals surface area contributed by atoms with Crippen LogP contribution < -0.4 is 18.9 Å². The summed E-state index contributed by atoms with van der Waals surface area (Å²) in [5.74, 6) is 0. The lowest BCUT2D eigenvalue weighted by Crippen LogP contribution is -2.32. The van der Waals surface area contributed by atoms with Crippen LogP contribution in [0.5, 0.6) is 0 Å². The number of nitrogens with zero attached hydrogens (tertiary/aromatic N) is 6. The van der Waals surface area contributed by atoms with Crippen molar-refractivity contribution in [2.75, 3.05) is 38.0 Å². The van der Waals surface area contributed by atoms with Gasteiger partial charge in [-0.1, -0.05) is 36.4 Å². The summed E-state index contributed by atoms with van der Waals surface area (Å²) >= 11 is 0. The lowest BCUT2D eigenvalue weighted by Gasteiger charge is -2.12. The van der Waals surface area contributed by atoms with Gasteiger partial charge in [-0.25, -0.2) is 0 Å². The van der Waals surface area contributed by atoms with Gasteiger partial charge in [0.2, 0.25) is 22.4 Å². The molecule has 0 aliphatic heterocycles. The fourth-order valence-electron chi connectivity index (χ4n) is 7.92. The predicted octanol–water partition coefficient (Wildman–Crippen LogP) is 10.6. The van der Waals surface area contributed by atoms with E-state index in [0.717, 1.165) is 0 Å². The highest BCUT2D eigenvalue weighted by Crippen LogP contribution is 2.25. The molecule has 0 fully saturated rings. The molecule has 4 aromatic carbocycles. The van der Waals surface area contributed by atoms with E-state index >= 15 is 0 Å². The molecule has 8 aromatic rings. The molecule has 0 amide bonds. The number of hydrogen-bond acceptors (Lipinski definition) is 2. The van der Waals surface area contributed by atoms with Crippen molar-refractivity contribution in [1.29, 1.82) is 0 Å². The molecule has 6 nitrogen and oxygen atoms in total. The molecular weight excluding hydrogens is 709 g/mol. The first-order valence-electron chi connectivity index (χ1n) is 20.0. The average Bonchev–Trinajstić information content (AvgIpc) is 3.68. The van der Waals surface area contributed by atoms with Gasteiger partial charge in [-0.3, -0.25) is 0 Å². The molecule has 0 atom stereocenters. The van der Waals surface area contributed by atoms with Crippen molar-refractivity contribution in [3.8, 4) is 11.4 Å². The third-order valence-electron chi connectivity index (χ3n) is 11.3. The van der Waals surface area contributed by atoms with Gasteiger partial charge in [0.05, 0.1) is 0 Å². The summed E-state index contributed by atoms with van der Waals surface area (Å²) in [5, 5.41) is 2.50. The number of pyridine rings is 2. The SMILES string of the molecule is Cc1cc(/C=C/c2ccc3cc(N(C)C)ccc3[n+]2C)c(C)n1-c1ccccc1.Cc1cc(/C=C/c2ccc3cc(N(C)C)ccc3[n+]2C)c(C)n1-c1ccccc1. The molecule has 0 spiro atoms. The van der Waals surface area contributed by atoms with Crippen LogP contribution in [-0.2, 0) is 14.1 Å². The standard InChI is InChI=1S/2C26H28N3/c2*1-19-17-21(20(2)29(19)24-9-7-6-8-10-24)11-13-23-14-12-22-18-25(27(3)4)15-16-26(22)28(23)5/h2*6-18H,1-5H3/q2*+1. The Morgan fingerprint density at radius 3 is 1.17 bits per heavy atom. The zero-order valence-electron chi connectivity index (χ0n) is 35.7. The topological polar surface area (TPSA) is 24.1 Å². The maximum atomic E-state index is 2.31. The van der Waals surface area contributed by atoms with Crippen LogP contribution >= 0.6 is 0 Å². The summed E-state index contributed by atoms with van der Waals surface area (Å²) in [4.78, 5) is 4.27. The Labute approximate surface area is 344 Å². The van der Waals surface area contributed by atoms with Crippen LogP contribution in [0.1, 0.15) is 45.3 Å². The Kier molecular flexibility index (Phi) is 11.5. The van der Waals surface area contributed by atoms with E-state index in [2.05, 4.69) is 256 Å². The minimum atomic E-state index is 1.18. The molecule has 0 N–H and O–H groups in total. The molecular formula is C52H56N6+2. The molecule has 0 aliphatic carbocycles. The summed E-state index contributed by atoms with van der Waals surface area (Å²) in [6.45, 7) is 8.69. The highest BCUT2D eigenvalue weighted by atomic mass is 15.1. The average molecular weight is 765 g/mol. The second kappa shape index (κ2) is 16.8. The molecule has 4 heterocycles. The smallest absolute Gasteiger partial charge is 0.212 e. The van der Waals surface area contributed by atoms with E-state index in [0.29, 0.717) is 0 Å². The van der Waals surface area contributed by atoms with Gasteiger partial charge in [-0.05, 0) is 124 Å². The third-order valence-corrected chi connectivity index (χ3v) is 11.3. The van der Waals surface area contributed by atoms with Crippen LogP contribution in [0.3, 0.4) is 0 Å². The fourth-order valence-corrected chi connectivity index (χ4v) is 7.92. The van der Waals surface area contributed by atoms with E-state index < -0.39 is 0 Å². The van der Waals surface area contributed by atoms with Crippen molar-refractivity contribution in [2.45, 2.75) is 27.7 Å². The number of benzene rings is 4. The monoisotopic (exact) mass is 764 g/mol. The molecule has 0 unspecified atom stereocenters. The van der Waals surface area contributed by atoms with Gasteiger partial charge in [0, 0.05) is 121 Å². The normalized spacial score (nSPS) is 11.5. The van der Waals surface area contributed by atoms with Gasteiger partial charge < -0.3 is 18.9 Å². The number of fused-ring (bicyclic) bond motifs is 2. The van der Waals surface area contributed by atoms with Gasteiger partial charge in [-0.2, -0.15) is 9.13 Å². The maximum absolute atomic E-state index is 2.31. The van der Waals surface area contributed by atoms with E-state index in [1.165, 1.54) is 89.8 Å². The fraction of sp³-hybridized carbons (Fsp3) is 0.192. The van der Waals surface area contributed by atoms with Crippen molar-refractivity contribution < 1.29 is 9.13 Å². The van der Waals surface area contributed by atoms with Crippen LogP contribution in [0.2, 0.25) is 0 Å². The molecule has 0 saturated heterocycles. The summed E-state index contributed by atoms with van der Waals surface area (Å²) < 4.78 is 9.12. The van der Waals surface area contributed by atoms with Gasteiger partial charge in [0.15, 0.2) is 0 Å². The van der Waals surface area contributed by atoms with Crippen molar-refractivity contribution >= 4 is 57.5 Å². The van der Waals surface area contributed by atoms with Crippen molar-refractivity contribution in [1.82, 2.24) is 9.13 Å². The molecule has 0 bridgehead atoms. The minimum Gasteiger partial charge on any atom is -0.378 e. The number of para-hydroxylation sites is 2.